The molecule has 1 heterocycles. The predicted octanol–water partition coefficient (Wildman–Crippen LogP) is 4.36. The summed E-state index contributed by atoms with van der Waals surface area (Å²) in [6.45, 7) is 1.31. The van der Waals surface area contributed by atoms with Gasteiger partial charge >= 0.3 is 0 Å². The van der Waals surface area contributed by atoms with Crippen LogP contribution in [0.2, 0.25) is 0 Å². The quantitative estimate of drug-likeness (QED) is 0.473. The number of nitrogens with zero attached hydrogens (tertiary/aromatic N) is 2. The number of benzene rings is 2. The Hall–Kier alpha value is -3.30. The third-order valence-electron chi connectivity index (χ3n) is 3.99. The van der Waals surface area contributed by atoms with Crippen LogP contribution in [0.15, 0.2) is 70.5 Å². The fourth-order valence-corrected chi connectivity index (χ4v) is 3.70. The Morgan fingerprint density at radius 1 is 1.10 bits per heavy atom. The molecule has 0 aliphatic carbocycles. The Labute approximate surface area is 191 Å². The fourth-order valence-electron chi connectivity index (χ4n) is 2.59. The van der Waals surface area contributed by atoms with E-state index in [1.54, 1.807) is 17.5 Å². The van der Waals surface area contributed by atoms with Gasteiger partial charge in [-0.25, -0.2) is 4.98 Å². The minimum atomic E-state index is -0.424. The van der Waals surface area contributed by atoms with Crippen LogP contribution < -0.4 is 15.5 Å². The van der Waals surface area contributed by atoms with Gasteiger partial charge in [-0.05, 0) is 42.5 Å². The average molecular weight is 499 g/mol. The lowest BCUT2D eigenvalue weighted by Crippen LogP contribution is -2.31. The van der Waals surface area contributed by atoms with Crippen molar-refractivity contribution in [3.8, 4) is 0 Å². The van der Waals surface area contributed by atoms with E-state index in [0.29, 0.717) is 16.5 Å². The highest BCUT2D eigenvalue weighted by Gasteiger charge is 2.17. The molecule has 158 valence electrons. The molecule has 3 aromatic rings. The lowest BCUT2D eigenvalue weighted by atomic mass is 10.3. The average Bonchev–Trinajstić information content (AvgIpc) is 3.21. The number of amides is 3. The normalized spacial score (nSPS) is 10.6. The predicted molar refractivity (Wildman–Crippen MR) is 126 cm³/mol. The van der Waals surface area contributed by atoms with Crippen molar-refractivity contribution in [2.24, 2.45) is 0 Å². The summed E-state index contributed by atoms with van der Waals surface area (Å²) in [6.07, 6.45) is 2.83. The van der Waals surface area contributed by atoms with Crippen LogP contribution in [0, 0.1) is 0 Å². The molecule has 31 heavy (non-hydrogen) atoms. The standard InChI is InChI=1S/C22H19BrN4O3S/c1-15(28)27(19-5-3-2-4-6-19)22-26-18(14-31-22)11-12-20(29)24-13-21(30)25-17-9-7-16(23)8-10-17/h2-12,14H,13H2,1H3,(H,24,29)(H,25,30)/b12-11+. The summed E-state index contributed by atoms with van der Waals surface area (Å²) >= 11 is 4.62. The van der Waals surface area contributed by atoms with Crippen LogP contribution in [0.3, 0.4) is 0 Å². The molecule has 0 saturated carbocycles. The van der Waals surface area contributed by atoms with Gasteiger partial charge in [-0.15, -0.1) is 11.3 Å². The van der Waals surface area contributed by atoms with Crippen LogP contribution in [0.4, 0.5) is 16.5 Å². The maximum Gasteiger partial charge on any atom is 0.244 e. The van der Waals surface area contributed by atoms with Gasteiger partial charge in [0, 0.05) is 28.5 Å². The van der Waals surface area contributed by atoms with E-state index in [2.05, 4.69) is 31.5 Å². The molecule has 3 amide bonds. The minimum Gasteiger partial charge on any atom is -0.343 e. The first-order chi connectivity index (χ1) is 14.9. The second kappa shape index (κ2) is 10.6. The number of anilines is 3. The number of hydrogen-bond acceptors (Lipinski definition) is 5. The molecule has 0 unspecified atom stereocenters. The number of rotatable bonds is 7. The van der Waals surface area contributed by atoms with Gasteiger partial charge < -0.3 is 10.6 Å². The SMILES string of the molecule is CC(=O)N(c1ccccc1)c1nc(/C=C/C(=O)NCC(=O)Nc2ccc(Br)cc2)cs1. The van der Waals surface area contributed by atoms with Gasteiger partial charge in [-0.2, -0.15) is 0 Å². The summed E-state index contributed by atoms with van der Waals surface area (Å²) in [5.41, 5.74) is 1.90. The molecule has 0 spiro atoms. The molecule has 0 saturated heterocycles. The number of aromatic nitrogens is 1. The summed E-state index contributed by atoms with van der Waals surface area (Å²) in [4.78, 5) is 42.0. The number of para-hydroxylation sites is 1. The van der Waals surface area contributed by atoms with Crippen LogP contribution in [-0.2, 0) is 14.4 Å². The van der Waals surface area contributed by atoms with Gasteiger partial charge in [0.2, 0.25) is 17.7 Å². The first kappa shape index (κ1) is 22.4. The Morgan fingerprint density at radius 2 is 1.81 bits per heavy atom. The van der Waals surface area contributed by atoms with Gasteiger partial charge in [0.15, 0.2) is 5.13 Å². The zero-order valence-corrected chi connectivity index (χ0v) is 18.9. The van der Waals surface area contributed by atoms with Crippen molar-refractivity contribution >= 4 is 67.6 Å². The van der Waals surface area contributed by atoms with E-state index in [0.717, 1.165) is 10.2 Å². The van der Waals surface area contributed by atoms with Crippen LogP contribution >= 0.6 is 27.3 Å². The van der Waals surface area contributed by atoms with Gasteiger partial charge in [0.05, 0.1) is 17.9 Å². The number of carbonyl (C=O) groups is 3. The van der Waals surface area contributed by atoms with E-state index in [1.165, 1.54) is 35.3 Å². The minimum absolute atomic E-state index is 0.159. The lowest BCUT2D eigenvalue weighted by Gasteiger charge is -2.17. The molecule has 1 aromatic heterocycles. The topological polar surface area (TPSA) is 91.4 Å². The Kier molecular flexibility index (Phi) is 7.69. The summed E-state index contributed by atoms with van der Waals surface area (Å²) < 4.78 is 0.907. The Balaban J connectivity index is 1.55. The molecule has 7 nitrogen and oxygen atoms in total. The zero-order chi connectivity index (χ0) is 22.2. The molecule has 3 rings (SSSR count). The van der Waals surface area contributed by atoms with Crippen LogP contribution in [0.5, 0.6) is 0 Å². The van der Waals surface area contributed by atoms with Crippen molar-refractivity contribution in [3.05, 3.63) is 76.2 Å². The van der Waals surface area contributed by atoms with E-state index in [4.69, 9.17) is 0 Å². The van der Waals surface area contributed by atoms with E-state index in [9.17, 15) is 14.4 Å². The van der Waals surface area contributed by atoms with Gasteiger partial charge in [-0.3, -0.25) is 19.3 Å². The number of halogens is 1. The van der Waals surface area contributed by atoms with Crippen molar-refractivity contribution in [2.45, 2.75) is 6.92 Å². The summed E-state index contributed by atoms with van der Waals surface area (Å²) in [5, 5.41) is 7.47. The van der Waals surface area contributed by atoms with Crippen molar-refractivity contribution in [3.63, 3.8) is 0 Å². The summed E-state index contributed by atoms with van der Waals surface area (Å²) in [6, 6.07) is 16.3. The van der Waals surface area contributed by atoms with Crippen molar-refractivity contribution in [2.75, 3.05) is 16.8 Å². The van der Waals surface area contributed by atoms with Crippen LogP contribution in [0.25, 0.3) is 6.08 Å². The Morgan fingerprint density at radius 3 is 2.48 bits per heavy atom. The highest BCUT2D eigenvalue weighted by Crippen LogP contribution is 2.28. The number of hydrogen-bond donors (Lipinski definition) is 2. The zero-order valence-electron chi connectivity index (χ0n) is 16.5. The highest BCUT2D eigenvalue weighted by atomic mass is 79.9. The lowest BCUT2D eigenvalue weighted by molar-refractivity contribution is -0.121. The molecule has 2 N–H and O–H groups in total. The number of thiazole rings is 1. The maximum atomic E-state index is 12.1. The summed E-state index contributed by atoms with van der Waals surface area (Å²) in [5.74, 6) is -0.919. The van der Waals surface area contributed by atoms with Gasteiger partial charge in [0.25, 0.3) is 0 Å². The first-order valence-electron chi connectivity index (χ1n) is 9.25. The largest absolute Gasteiger partial charge is 0.343 e. The first-order valence-corrected chi connectivity index (χ1v) is 10.9. The van der Waals surface area contributed by atoms with Crippen LogP contribution in [0.1, 0.15) is 12.6 Å². The monoisotopic (exact) mass is 498 g/mol. The second-order valence-electron chi connectivity index (χ2n) is 6.35. The number of nitrogens with one attached hydrogen (secondary N) is 2. The maximum absolute atomic E-state index is 12.1. The third-order valence-corrected chi connectivity index (χ3v) is 5.36. The van der Waals surface area contributed by atoms with Crippen LogP contribution in [-0.4, -0.2) is 29.3 Å². The molecule has 0 bridgehead atoms. The third kappa shape index (κ3) is 6.59. The molecule has 0 aliphatic rings. The molecule has 0 atom stereocenters. The fraction of sp³-hybridized carbons (Fsp3) is 0.0909. The summed E-state index contributed by atoms with van der Waals surface area (Å²) in [7, 11) is 0. The highest BCUT2D eigenvalue weighted by molar-refractivity contribution is 9.10. The van der Waals surface area contributed by atoms with Gasteiger partial charge in [0.1, 0.15) is 0 Å². The molecular formula is C22H19BrN4O3S. The van der Waals surface area contributed by atoms with Crippen molar-refractivity contribution in [1.29, 1.82) is 0 Å². The second-order valence-corrected chi connectivity index (χ2v) is 8.10. The Bertz CT molecular complexity index is 1100. The molecule has 0 radical (unpaired) electrons. The molecule has 0 fully saturated rings. The molecule has 2 aromatic carbocycles. The van der Waals surface area contributed by atoms with E-state index in [-0.39, 0.29) is 18.4 Å². The van der Waals surface area contributed by atoms with E-state index < -0.39 is 5.91 Å². The number of carbonyl (C=O) groups excluding carboxylic acids is 3. The van der Waals surface area contributed by atoms with E-state index in [1.807, 2.05) is 42.5 Å². The smallest absolute Gasteiger partial charge is 0.244 e. The van der Waals surface area contributed by atoms with Gasteiger partial charge in [-0.1, -0.05) is 34.1 Å². The van der Waals surface area contributed by atoms with Crippen molar-refractivity contribution < 1.29 is 14.4 Å². The molecule has 9 heteroatoms. The molecule has 0 aliphatic heterocycles. The van der Waals surface area contributed by atoms with Crippen molar-refractivity contribution in [1.82, 2.24) is 10.3 Å². The van der Waals surface area contributed by atoms with E-state index >= 15 is 0 Å². The molecular weight excluding hydrogens is 480 g/mol.